The van der Waals surface area contributed by atoms with Gasteiger partial charge in [-0.25, -0.2) is 0 Å². The van der Waals surface area contributed by atoms with Crippen LogP contribution in [0.25, 0.3) is 0 Å². The van der Waals surface area contributed by atoms with E-state index in [4.69, 9.17) is 27.9 Å². The maximum Gasteiger partial charge on any atom is 0.316 e. The third-order valence-electron chi connectivity index (χ3n) is 2.98. The largest absolute Gasteiger partial charge is 0.455 e. The first kappa shape index (κ1) is 20.0. The van der Waals surface area contributed by atoms with E-state index in [9.17, 15) is 19.7 Å². The zero-order chi connectivity index (χ0) is 19.1. The quantitative estimate of drug-likeness (QED) is 0.315. The fourth-order valence-corrected chi connectivity index (χ4v) is 3.00. The molecule has 1 amide bonds. The van der Waals surface area contributed by atoms with Crippen LogP contribution in [0.5, 0.6) is 0 Å². The molecule has 0 aliphatic carbocycles. The number of thioether (sulfide) groups is 1. The van der Waals surface area contributed by atoms with Crippen LogP contribution in [0, 0.1) is 10.1 Å². The summed E-state index contributed by atoms with van der Waals surface area (Å²) in [6.07, 6.45) is 0. The minimum Gasteiger partial charge on any atom is -0.455 e. The van der Waals surface area contributed by atoms with Crippen molar-refractivity contribution in [2.75, 3.05) is 17.7 Å². The smallest absolute Gasteiger partial charge is 0.316 e. The summed E-state index contributed by atoms with van der Waals surface area (Å²) in [5.41, 5.74) is -0.162. The van der Waals surface area contributed by atoms with Crippen molar-refractivity contribution in [3.63, 3.8) is 0 Å². The lowest BCUT2D eigenvalue weighted by Crippen LogP contribution is -2.21. The van der Waals surface area contributed by atoms with Crippen molar-refractivity contribution in [2.45, 2.75) is 4.90 Å². The molecule has 7 nitrogen and oxygen atoms in total. The van der Waals surface area contributed by atoms with Crippen LogP contribution in [0.3, 0.4) is 0 Å². The number of benzene rings is 2. The molecule has 2 aromatic carbocycles. The van der Waals surface area contributed by atoms with Gasteiger partial charge in [-0.1, -0.05) is 35.3 Å². The molecule has 10 heteroatoms. The van der Waals surface area contributed by atoms with Gasteiger partial charge >= 0.3 is 5.97 Å². The van der Waals surface area contributed by atoms with Crippen LogP contribution in [0.15, 0.2) is 47.4 Å². The number of hydrogen-bond acceptors (Lipinski definition) is 6. The number of nitro groups is 1. The molecule has 0 atom stereocenters. The number of carbonyl (C=O) groups is 2. The van der Waals surface area contributed by atoms with E-state index in [0.717, 1.165) is 11.0 Å². The van der Waals surface area contributed by atoms with Gasteiger partial charge in [0.15, 0.2) is 6.61 Å². The molecular formula is C16H12Cl2N2O5S. The average Bonchev–Trinajstić information content (AvgIpc) is 2.61. The summed E-state index contributed by atoms with van der Waals surface area (Å²) >= 11 is 13.0. The Morgan fingerprint density at radius 1 is 1.15 bits per heavy atom. The molecule has 2 rings (SSSR count). The Kier molecular flexibility index (Phi) is 7.26. The minimum atomic E-state index is -0.663. The SMILES string of the molecule is O=C(COC(=O)CSc1ccccc1Cl)Nc1cc([N+](=O)[O-])ccc1Cl. The molecular weight excluding hydrogens is 403 g/mol. The summed E-state index contributed by atoms with van der Waals surface area (Å²) in [5.74, 6) is -1.28. The molecule has 26 heavy (non-hydrogen) atoms. The van der Waals surface area contributed by atoms with Crippen molar-refractivity contribution in [2.24, 2.45) is 0 Å². The fourth-order valence-electron chi connectivity index (χ4n) is 1.80. The molecule has 0 saturated heterocycles. The van der Waals surface area contributed by atoms with E-state index < -0.39 is 23.4 Å². The highest BCUT2D eigenvalue weighted by molar-refractivity contribution is 8.00. The molecule has 136 valence electrons. The second-order valence-corrected chi connectivity index (χ2v) is 6.68. The first-order valence-corrected chi connectivity index (χ1v) is 8.87. The zero-order valence-electron chi connectivity index (χ0n) is 13.1. The molecule has 0 fully saturated rings. The fraction of sp³-hybridized carbons (Fsp3) is 0.125. The first-order valence-electron chi connectivity index (χ1n) is 7.13. The van der Waals surface area contributed by atoms with E-state index in [1.165, 1.54) is 23.9 Å². The number of amides is 1. The standard InChI is InChI=1S/C16H12Cl2N2O5S/c17-11-6-5-10(20(23)24)7-13(11)19-15(21)8-25-16(22)9-26-14-4-2-1-3-12(14)18/h1-7H,8-9H2,(H,19,21). The molecule has 0 bridgehead atoms. The third-order valence-corrected chi connectivity index (χ3v) is 4.80. The van der Waals surface area contributed by atoms with E-state index >= 15 is 0 Å². The second-order valence-electron chi connectivity index (χ2n) is 4.85. The Morgan fingerprint density at radius 3 is 2.58 bits per heavy atom. The summed E-state index contributed by atoms with van der Waals surface area (Å²) < 4.78 is 4.86. The molecule has 0 aromatic heterocycles. The Labute approximate surface area is 162 Å². The maximum absolute atomic E-state index is 11.8. The molecule has 0 unspecified atom stereocenters. The third kappa shape index (κ3) is 5.91. The monoisotopic (exact) mass is 414 g/mol. The number of carbonyl (C=O) groups excluding carboxylic acids is 2. The predicted octanol–water partition coefficient (Wildman–Crippen LogP) is 4.18. The van der Waals surface area contributed by atoms with E-state index in [2.05, 4.69) is 5.32 Å². The van der Waals surface area contributed by atoms with Crippen molar-refractivity contribution in [1.82, 2.24) is 0 Å². The molecule has 2 aromatic rings. The number of esters is 1. The summed E-state index contributed by atoms with van der Waals surface area (Å²) in [6, 6.07) is 10.6. The van der Waals surface area contributed by atoms with Crippen molar-refractivity contribution >= 4 is 58.2 Å². The van der Waals surface area contributed by atoms with Gasteiger partial charge in [0.1, 0.15) is 0 Å². The lowest BCUT2D eigenvalue weighted by Gasteiger charge is -2.08. The highest BCUT2D eigenvalue weighted by Crippen LogP contribution is 2.27. The van der Waals surface area contributed by atoms with Gasteiger partial charge in [0.2, 0.25) is 0 Å². The molecule has 0 heterocycles. The predicted molar refractivity (Wildman–Crippen MR) is 99.9 cm³/mol. The first-order chi connectivity index (χ1) is 12.4. The highest BCUT2D eigenvalue weighted by atomic mass is 35.5. The van der Waals surface area contributed by atoms with Crippen LogP contribution in [-0.2, 0) is 14.3 Å². The van der Waals surface area contributed by atoms with Gasteiger partial charge in [-0.2, -0.15) is 0 Å². The van der Waals surface area contributed by atoms with Crippen molar-refractivity contribution in [1.29, 1.82) is 0 Å². The number of rotatable bonds is 7. The normalized spacial score (nSPS) is 10.2. The summed E-state index contributed by atoms with van der Waals surface area (Å²) in [5, 5.41) is 13.8. The topological polar surface area (TPSA) is 98.5 Å². The Hall–Kier alpha value is -2.29. The lowest BCUT2D eigenvalue weighted by atomic mass is 10.3. The van der Waals surface area contributed by atoms with E-state index in [0.29, 0.717) is 5.02 Å². The average molecular weight is 415 g/mol. The van der Waals surface area contributed by atoms with Crippen molar-refractivity contribution < 1.29 is 19.2 Å². The van der Waals surface area contributed by atoms with Crippen LogP contribution in [0.2, 0.25) is 10.0 Å². The summed E-state index contributed by atoms with van der Waals surface area (Å²) in [6.45, 7) is -0.541. The number of hydrogen-bond donors (Lipinski definition) is 1. The number of anilines is 1. The Bertz CT molecular complexity index is 847. The highest BCUT2D eigenvalue weighted by Gasteiger charge is 2.14. The van der Waals surface area contributed by atoms with E-state index in [-0.39, 0.29) is 22.2 Å². The summed E-state index contributed by atoms with van der Waals surface area (Å²) in [4.78, 5) is 34.4. The van der Waals surface area contributed by atoms with E-state index in [1.807, 2.05) is 0 Å². The van der Waals surface area contributed by atoms with Gasteiger partial charge in [-0.3, -0.25) is 19.7 Å². The molecule has 0 saturated carbocycles. The van der Waals surface area contributed by atoms with Crippen LogP contribution in [0.4, 0.5) is 11.4 Å². The number of ether oxygens (including phenoxy) is 1. The zero-order valence-corrected chi connectivity index (χ0v) is 15.4. The van der Waals surface area contributed by atoms with Gasteiger partial charge in [0.25, 0.3) is 11.6 Å². The van der Waals surface area contributed by atoms with E-state index in [1.54, 1.807) is 24.3 Å². The van der Waals surface area contributed by atoms with Crippen LogP contribution in [0.1, 0.15) is 0 Å². The van der Waals surface area contributed by atoms with Crippen LogP contribution >= 0.6 is 35.0 Å². The Balaban J connectivity index is 1.83. The lowest BCUT2D eigenvalue weighted by molar-refractivity contribution is -0.384. The number of nitro benzene ring substituents is 1. The number of non-ortho nitro benzene ring substituents is 1. The number of nitrogens with zero attached hydrogens (tertiary/aromatic N) is 1. The van der Waals surface area contributed by atoms with Crippen molar-refractivity contribution in [3.8, 4) is 0 Å². The Morgan fingerprint density at radius 2 is 1.88 bits per heavy atom. The van der Waals surface area contributed by atoms with Gasteiger partial charge in [-0.05, 0) is 18.2 Å². The molecule has 1 N–H and O–H groups in total. The van der Waals surface area contributed by atoms with Crippen LogP contribution in [-0.4, -0.2) is 29.2 Å². The second kappa shape index (κ2) is 9.42. The van der Waals surface area contributed by atoms with Crippen LogP contribution < -0.4 is 5.32 Å². The number of nitrogens with one attached hydrogen (secondary N) is 1. The molecule has 0 spiro atoms. The minimum absolute atomic E-state index is 0.0193. The molecule has 0 aliphatic rings. The van der Waals surface area contributed by atoms with Gasteiger partial charge < -0.3 is 10.1 Å². The molecule has 0 aliphatic heterocycles. The summed E-state index contributed by atoms with van der Waals surface area (Å²) in [7, 11) is 0. The van der Waals surface area contributed by atoms with Gasteiger partial charge in [-0.15, -0.1) is 11.8 Å². The molecule has 0 radical (unpaired) electrons. The van der Waals surface area contributed by atoms with Gasteiger partial charge in [0.05, 0.1) is 26.4 Å². The maximum atomic E-state index is 11.8. The van der Waals surface area contributed by atoms with Crippen molar-refractivity contribution in [3.05, 3.63) is 62.6 Å². The van der Waals surface area contributed by atoms with Gasteiger partial charge in [0, 0.05) is 17.0 Å². The number of halogens is 2.